The number of amides is 1. The molecule has 0 radical (unpaired) electrons. The predicted molar refractivity (Wildman–Crippen MR) is 132 cm³/mol. The molecule has 1 aromatic heterocycles. The van der Waals surface area contributed by atoms with Crippen molar-refractivity contribution in [1.29, 1.82) is 0 Å². The average molecular weight is 478 g/mol. The molecule has 7 nitrogen and oxygen atoms in total. The number of aromatic nitrogens is 1. The fourth-order valence-electron chi connectivity index (χ4n) is 3.71. The van der Waals surface area contributed by atoms with Gasteiger partial charge in [0.05, 0.1) is 12.3 Å². The zero-order chi connectivity index (χ0) is 24.1. The van der Waals surface area contributed by atoms with Gasteiger partial charge in [-0.3, -0.25) is 4.79 Å². The molecule has 0 aliphatic rings. The number of carbonyl (C=O) groups excluding carboxylic acids is 1. The van der Waals surface area contributed by atoms with E-state index in [9.17, 15) is 14.7 Å². The van der Waals surface area contributed by atoms with Gasteiger partial charge in [-0.15, -0.1) is 0 Å². The highest BCUT2D eigenvalue weighted by atomic mass is 35.5. The minimum atomic E-state index is -1.13. The van der Waals surface area contributed by atoms with Crippen LogP contribution in [0.3, 0.4) is 0 Å². The number of nitrogens with one attached hydrogen (secondary N) is 2. The first-order chi connectivity index (χ1) is 16.4. The van der Waals surface area contributed by atoms with E-state index in [1.54, 1.807) is 36.4 Å². The lowest BCUT2D eigenvalue weighted by Gasteiger charge is -2.16. The summed E-state index contributed by atoms with van der Waals surface area (Å²) < 4.78 is 5.86. The first-order valence-corrected chi connectivity index (χ1v) is 11.1. The molecule has 0 saturated carbocycles. The van der Waals surface area contributed by atoms with Crippen molar-refractivity contribution in [2.45, 2.75) is 18.9 Å². The molecule has 0 unspecified atom stereocenters. The maximum atomic E-state index is 12.8. The second-order valence-corrected chi connectivity index (χ2v) is 8.34. The van der Waals surface area contributed by atoms with Crippen LogP contribution in [0, 0.1) is 0 Å². The Labute approximate surface area is 201 Å². The van der Waals surface area contributed by atoms with Crippen molar-refractivity contribution >= 4 is 40.1 Å². The van der Waals surface area contributed by atoms with Crippen LogP contribution in [0.5, 0.6) is 5.75 Å². The van der Waals surface area contributed by atoms with Crippen molar-refractivity contribution in [2.75, 3.05) is 12.3 Å². The van der Waals surface area contributed by atoms with Gasteiger partial charge in [0.2, 0.25) is 0 Å². The summed E-state index contributed by atoms with van der Waals surface area (Å²) in [6, 6.07) is 18.4. The number of aromatic amines is 1. The number of hydrogen-bond donors (Lipinski definition) is 4. The number of carboxylic acids is 1. The van der Waals surface area contributed by atoms with Gasteiger partial charge in [0, 0.05) is 40.5 Å². The third-order valence-electron chi connectivity index (χ3n) is 5.54. The number of nitrogen functional groups attached to an aromatic ring is 1. The van der Waals surface area contributed by atoms with Crippen molar-refractivity contribution in [3.05, 3.63) is 94.6 Å². The molecule has 8 heteroatoms. The maximum Gasteiger partial charge on any atom is 0.326 e. The molecule has 5 N–H and O–H groups in total. The first-order valence-electron chi connectivity index (χ1n) is 10.8. The Morgan fingerprint density at radius 3 is 2.62 bits per heavy atom. The Bertz CT molecular complexity index is 1320. The summed E-state index contributed by atoms with van der Waals surface area (Å²) in [5.41, 5.74) is 9.62. The number of nitrogens with two attached hydrogens (primary N) is 1. The molecule has 4 aromatic rings. The van der Waals surface area contributed by atoms with E-state index in [0.717, 1.165) is 22.0 Å². The Morgan fingerprint density at radius 1 is 1.09 bits per heavy atom. The normalized spacial score (nSPS) is 11.8. The van der Waals surface area contributed by atoms with E-state index in [2.05, 4.69) is 10.3 Å². The third-order valence-corrected chi connectivity index (χ3v) is 5.79. The first kappa shape index (κ1) is 23.2. The number of H-pyrrole nitrogens is 1. The number of anilines is 1. The molecule has 0 bridgehead atoms. The molecular formula is C26H24ClN3O4. The standard InChI is InChI=1S/C26H24ClN3O4/c27-19-8-5-16(6-9-19)13-23(26(32)33)30-25(31)17-7-10-21(28)24(14-17)34-12-11-18-15-29-22-4-2-1-3-20(18)22/h1-10,14-15,23,29H,11-13,28H2,(H,30,31)(H,32,33)/t23-/m0/s1. The fraction of sp³-hybridized carbons (Fsp3) is 0.154. The molecule has 4 rings (SSSR count). The van der Waals surface area contributed by atoms with E-state index in [-0.39, 0.29) is 12.0 Å². The quantitative estimate of drug-likeness (QED) is 0.266. The highest BCUT2D eigenvalue weighted by Gasteiger charge is 2.22. The van der Waals surface area contributed by atoms with Crippen LogP contribution >= 0.6 is 11.6 Å². The summed E-state index contributed by atoms with van der Waals surface area (Å²) in [7, 11) is 0. The van der Waals surface area contributed by atoms with Crippen molar-refractivity contribution in [1.82, 2.24) is 10.3 Å². The maximum absolute atomic E-state index is 12.8. The van der Waals surface area contributed by atoms with Gasteiger partial charge in [-0.1, -0.05) is 41.9 Å². The molecule has 0 saturated heterocycles. The number of halogens is 1. The van der Waals surface area contributed by atoms with Gasteiger partial charge < -0.3 is 25.9 Å². The SMILES string of the molecule is Nc1ccc(C(=O)N[C@@H](Cc2ccc(Cl)cc2)C(=O)O)cc1OCCc1c[nH]c2ccccc12. The van der Waals surface area contributed by atoms with Gasteiger partial charge in [-0.25, -0.2) is 4.79 Å². The molecule has 174 valence electrons. The molecular weight excluding hydrogens is 454 g/mol. The minimum absolute atomic E-state index is 0.126. The van der Waals surface area contributed by atoms with Crippen LogP contribution < -0.4 is 15.8 Å². The number of fused-ring (bicyclic) bond motifs is 1. The Kier molecular flexibility index (Phi) is 7.04. The third kappa shape index (κ3) is 5.50. The van der Waals surface area contributed by atoms with Gasteiger partial charge in [0.15, 0.2) is 0 Å². The summed E-state index contributed by atoms with van der Waals surface area (Å²) in [5.74, 6) is -1.28. The zero-order valence-electron chi connectivity index (χ0n) is 18.3. The van der Waals surface area contributed by atoms with Crippen molar-refractivity contribution in [2.24, 2.45) is 0 Å². The Morgan fingerprint density at radius 2 is 1.85 bits per heavy atom. The molecule has 0 spiro atoms. The second kappa shape index (κ2) is 10.3. The van der Waals surface area contributed by atoms with E-state index in [0.29, 0.717) is 29.5 Å². The predicted octanol–water partition coefficient (Wildman–Crippen LogP) is 4.45. The van der Waals surface area contributed by atoms with Crippen molar-refractivity contribution < 1.29 is 19.4 Å². The molecule has 1 heterocycles. The lowest BCUT2D eigenvalue weighted by atomic mass is 10.1. The van der Waals surface area contributed by atoms with Crippen LogP contribution in [0.25, 0.3) is 10.9 Å². The van der Waals surface area contributed by atoms with E-state index in [1.165, 1.54) is 6.07 Å². The van der Waals surface area contributed by atoms with E-state index in [4.69, 9.17) is 22.1 Å². The number of ether oxygens (including phenoxy) is 1. The van der Waals surface area contributed by atoms with Gasteiger partial charge in [-0.2, -0.15) is 0 Å². The van der Waals surface area contributed by atoms with Crippen LogP contribution in [0.4, 0.5) is 5.69 Å². The average Bonchev–Trinajstić information content (AvgIpc) is 3.24. The molecule has 1 amide bonds. The van der Waals surface area contributed by atoms with Crippen LogP contribution in [-0.4, -0.2) is 34.6 Å². The van der Waals surface area contributed by atoms with Crippen LogP contribution in [0.15, 0.2) is 72.9 Å². The molecule has 0 aliphatic carbocycles. The Balaban J connectivity index is 1.41. The molecule has 0 fully saturated rings. The second-order valence-electron chi connectivity index (χ2n) is 7.91. The van der Waals surface area contributed by atoms with Crippen molar-refractivity contribution in [3.63, 3.8) is 0 Å². The minimum Gasteiger partial charge on any atom is -0.491 e. The zero-order valence-corrected chi connectivity index (χ0v) is 19.0. The number of rotatable bonds is 9. The van der Waals surface area contributed by atoms with Crippen molar-refractivity contribution in [3.8, 4) is 5.75 Å². The summed E-state index contributed by atoms with van der Waals surface area (Å²) in [6.07, 6.45) is 2.73. The molecule has 1 atom stereocenters. The highest BCUT2D eigenvalue weighted by molar-refractivity contribution is 6.30. The van der Waals surface area contributed by atoms with Crippen LogP contribution in [-0.2, 0) is 17.6 Å². The van der Waals surface area contributed by atoms with Crippen LogP contribution in [0.2, 0.25) is 5.02 Å². The topological polar surface area (TPSA) is 117 Å². The number of carbonyl (C=O) groups is 2. The van der Waals surface area contributed by atoms with Gasteiger partial charge >= 0.3 is 5.97 Å². The van der Waals surface area contributed by atoms with Gasteiger partial charge in [-0.05, 0) is 47.5 Å². The number of para-hydroxylation sites is 1. The smallest absolute Gasteiger partial charge is 0.326 e. The van der Waals surface area contributed by atoms with E-state index in [1.807, 2.05) is 30.5 Å². The van der Waals surface area contributed by atoms with Gasteiger partial charge in [0.25, 0.3) is 5.91 Å². The summed E-state index contributed by atoms with van der Waals surface area (Å²) in [5, 5.41) is 13.8. The summed E-state index contributed by atoms with van der Waals surface area (Å²) in [4.78, 5) is 27.7. The molecule has 0 aliphatic heterocycles. The largest absolute Gasteiger partial charge is 0.491 e. The van der Waals surface area contributed by atoms with E-state index < -0.39 is 17.9 Å². The highest BCUT2D eigenvalue weighted by Crippen LogP contribution is 2.24. The molecule has 3 aromatic carbocycles. The lowest BCUT2D eigenvalue weighted by Crippen LogP contribution is -2.42. The fourth-order valence-corrected chi connectivity index (χ4v) is 3.83. The monoisotopic (exact) mass is 477 g/mol. The number of aliphatic carboxylic acids is 1. The van der Waals surface area contributed by atoms with Gasteiger partial charge in [0.1, 0.15) is 11.8 Å². The number of hydrogen-bond acceptors (Lipinski definition) is 4. The molecule has 34 heavy (non-hydrogen) atoms. The lowest BCUT2D eigenvalue weighted by molar-refractivity contribution is -0.139. The van der Waals surface area contributed by atoms with Crippen LogP contribution in [0.1, 0.15) is 21.5 Å². The summed E-state index contributed by atoms with van der Waals surface area (Å²) in [6.45, 7) is 0.367. The Hall–Kier alpha value is -3.97. The number of carboxylic acid groups (broad SMARTS) is 1. The van der Waals surface area contributed by atoms with E-state index >= 15 is 0 Å². The number of benzene rings is 3. The summed E-state index contributed by atoms with van der Waals surface area (Å²) >= 11 is 5.88.